The monoisotopic (exact) mass is 274 g/mol. The van der Waals surface area contributed by atoms with Crippen LogP contribution in [0.1, 0.15) is 60.8 Å². The summed E-state index contributed by atoms with van der Waals surface area (Å²) in [5.74, 6) is 0.0908. The first kappa shape index (κ1) is 16.7. The second-order valence-electron chi connectivity index (χ2n) is 6.57. The summed E-state index contributed by atoms with van der Waals surface area (Å²) in [5.41, 5.74) is 5.63. The molecule has 110 valence electrons. The third kappa shape index (κ3) is 4.63. The molecule has 20 heavy (non-hydrogen) atoms. The van der Waals surface area contributed by atoms with Crippen molar-refractivity contribution < 1.29 is 4.79 Å². The van der Waals surface area contributed by atoms with Crippen molar-refractivity contribution in [2.24, 2.45) is 5.41 Å². The Kier molecular flexibility index (Phi) is 5.74. The number of carbonyl (C=O) groups excluding carboxylic acids is 1. The fourth-order valence-corrected chi connectivity index (χ4v) is 2.72. The molecule has 0 spiro atoms. The highest BCUT2D eigenvalue weighted by atomic mass is 16.1. The van der Waals surface area contributed by atoms with Gasteiger partial charge in [0, 0.05) is 0 Å². The van der Waals surface area contributed by atoms with Gasteiger partial charge in [0.1, 0.15) is 0 Å². The number of ketones is 1. The minimum atomic E-state index is 0.0908. The van der Waals surface area contributed by atoms with Crippen LogP contribution in [0.2, 0.25) is 0 Å². The molecule has 1 rings (SSSR count). The zero-order valence-electron chi connectivity index (χ0n) is 13.8. The Hall–Kier alpha value is -1.37. The molecule has 0 heterocycles. The summed E-state index contributed by atoms with van der Waals surface area (Å²) in [6.07, 6.45) is 11.8. The molecule has 1 aliphatic rings. The fourth-order valence-electron chi connectivity index (χ4n) is 2.72. The van der Waals surface area contributed by atoms with Gasteiger partial charge in [-0.15, -0.1) is 0 Å². The molecule has 0 aromatic rings. The third-order valence-corrected chi connectivity index (χ3v) is 4.23. The largest absolute Gasteiger partial charge is 0.295 e. The molecular formula is C19H28O. The van der Waals surface area contributed by atoms with Crippen LogP contribution < -0.4 is 0 Å². The van der Waals surface area contributed by atoms with Gasteiger partial charge in [-0.25, -0.2) is 0 Å². The van der Waals surface area contributed by atoms with Gasteiger partial charge in [-0.3, -0.25) is 4.79 Å². The van der Waals surface area contributed by atoms with E-state index < -0.39 is 0 Å². The molecule has 1 nitrogen and oxygen atoms in total. The van der Waals surface area contributed by atoms with Gasteiger partial charge in [0.15, 0.2) is 5.78 Å². The summed E-state index contributed by atoms with van der Waals surface area (Å²) >= 11 is 0. The van der Waals surface area contributed by atoms with E-state index >= 15 is 0 Å². The standard InChI is InChI=1S/C19H28O/c1-14(9-11-17(4)20)15(2)10-12-18-16(3)8-7-13-19(18,5)6/h9-12H,7-8,13H2,1-6H3/b11-9+,12-10+,15-14+/i4+1,14+1. The van der Waals surface area contributed by atoms with Crippen LogP contribution in [0.4, 0.5) is 0 Å². The summed E-state index contributed by atoms with van der Waals surface area (Å²) in [6, 6.07) is 0. The van der Waals surface area contributed by atoms with Crippen molar-refractivity contribution in [2.45, 2.75) is 60.8 Å². The zero-order valence-corrected chi connectivity index (χ0v) is 13.8. The lowest BCUT2D eigenvalue weighted by molar-refractivity contribution is -0.112. The average molecular weight is 274 g/mol. The SMILES string of the molecule is CC1=C(/C=C/C(C)=[13C](C)/C=C/C([13CH3])=O)C(C)(C)CCC1. The molecule has 0 radical (unpaired) electrons. The lowest BCUT2D eigenvalue weighted by atomic mass is 9.72. The van der Waals surface area contributed by atoms with Crippen LogP contribution in [0, 0.1) is 5.41 Å². The maximum Gasteiger partial charge on any atom is 0.152 e. The quantitative estimate of drug-likeness (QED) is 0.373. The number of carbonyl (C=O) groups is 1. The number of hydrogen-bond donors (Lipinski definition) is 0. The zero-order chi connectivity index (χ0) is 15.3. The van der Waals surface area contributed by atoms with Crippen LogP contribution in [-0.2, 0) is 4.79 Å². The van der Waals surface area contributed by atoms with Crippen molar-refractivity contribution in [2.75, 3.05) is 0 Å². The second-order valence-corrected chi connectivity index (χ2v) is 6.57. The van der Waals surface area contributed by atoms with Crippen molar-refractivity contribution >= 4 is 5.78 Å². The predicted octanol–water partition coefficient (Wildman–Crippen LogP) is 5.55. The molecule has 0 aliphatic heterocycles. The predicted molar refractivity (Wildman–Crippen MR) is 87.7 cm³/mol. The Labute approximate surface area is 124 Å². The second kappa shape index (κ2) is 6.88. The Balaban J connectivity index is 2.96. The molecule has 1 aliphatic carbocycles. The molecule has 0 bridgehead atoms. The van der Waals surface area contributed by atoms with E-state index in [9.17, 15) is 4.79 Å². The maximum atomic E-state index is 11.0. The first-order valence-corrected chi connectivity index (χ1v) is 7.48. The number of allylic oxidation sites excluding steroid dienone is 8. The first-order valence-electron chi connectivity index (χ1n) is 7.48. The van der Waals surface area contributed by atoms with Gasteiger partial charge in [-0.1, -0.05) is 37.6 Å². The van der Waals surface area contributed by atoms with Gasteiger partial charge in [-0.05, 0) is 75.2 Å². The highest BCUT2D eigenvalue weighted by molar-refractivity contribution is 5.87. The van der Waals surface area contributed by atoms with Crippen molar-refractivity contribution in [3.05, 3.63) is 46.6 Å². The van der Waals surface area contributed by atoms with Crippen molar-refractivity contribution in [3.63, 3.8) is 0 Å². The molecule has 0 N–H and O–H groups in total. The van der Waals surface area contributed by atoms with Gasteiger partial charge in [0.25, 0.3) is 0 Å². The van der Waals surface area contributed by atoms with Gasteiger partial charge < -0.3 is 0 Å². The molecule has 0 aromatic carbocycles. The number of rotatable bonds is 4. The number of hydrogen-bond acceptors (Lipinski definition) is 1. The van der Waals surface area contributed by atoms with Gasteiger partial charge in [0.2, 0.25) is 0 Å². The van der Waals surface area contributed by atoms with E-state index in [-0.39, 0.29) is 11.2 Å². The minimum Gasteiger partial charge on any atom is -0.295 e. The minimum absolute atomic E-state index is 0.0908. The molecule has 0 amide bonds. The molecule has 1 heteroatoms. The molecule has 0 aromatic heterocycles. The summed E-state index contributed by atoms with van der Waals surface area (Å²) in [5, 5.41) is 0. The first-order chi connectivity index (χ1) is 9.24. The van der Waals surface area contributed by atoms with Crippen LogP contribution in [0.5, 0.6) is 0 Å². The highest BCUT2D eigenvalue weighted by Crippen LogP contribution is 2.40. The third-order valence-electron chi connectivity index (χ3n) is 4.23. The van der Waals surface area contributed by atoms with Crippen LogP contribution >= 0.6 is 0 Å². The van der Waals surface area contributed by atoms with Crippen molar-refractivity contribution in [3.8, 4) is 0 Å². The van der Waals surface area contributed by atoms with E-state index in [0.717, 1.165) is 5.57 Å². The van der Waals surface area contributed by atoms with Gasteiger partial charge in [0.05, 0.1) is 0 Å². The molecular weight excluding hydrogens is 246 g/mol. The maximum absolute atomic E-state index is 11.0. The molecule has 0 fully saturated rings. The van der Waals surface area contributed by atoms with E-state index in [1.165, 1.54) is 36.0 Å². The van der Waals surface area contributed by atoms with E-state index in [1.807, 2.05) is 13.0 Å². The lowest BCUT2D eigenvalue weighted by Crippen LogP contribution is -2.19. The molecule has 0 saturated heterocycles. The van der Waals surface area contributed by atoms with E-state index in [2.05, 4.69) is 39.8 Å². The van der Waals surface area contributed by atoms with Crippen molar-refractivity contribution in [1.29, 1.82) is 0 Å². The van der Waals surface area contributed by atoms with E-state index in [1.54, 1.807) is 13.0 Å². The average Bonchev–Trinajstić information content (AvgIpc) is 2.34. The fraction of sp³-hybridized carbons (Fsp3) is 0.526. The van der Waals surface area contributed by atoms with Crippen molar-refractivity contribution in [1.82, 2.24) is 0 Å². The van der Waals surface area contributed by atoms with Crippen LogP contribution in [-0.4, -0.2) is 5.78 Å². The summed E-state index contributed by atoms with van der Waals surface area (Å²) in [4.78, 5) is 11.0. The van der Waals surface area contributed by atoms with Gasteiger partial charge in [-0.2, -0.15) is 0 Å². The molecule has 0 saturated carbocycles. The normalized spacial score (nSPS) is 20.7. The summed E-state index contributed by atoms with van der Waals surface area (Å²) in [6.45, 7) is 12.6. The Morgan fingerprint density at radius 3 is 2.20 bits per heavy atom. The van der Waals surface area contributed by atoms with Crippen LogP contribution in [0.3, 0.4) is 0 Å². The van der Waals surface area contributed by atoms with Crippen LogP contribution in [0.25, 0.3) is 0 Å². The lowest BCUT2D eigenvalue weighted by Gasteiger charge is -2.33. The Bertz CT molecular complexity index is 496. The summed E-state index contributed by atoms with van der Waals surface area (Å²) < 4.78 is 0. The van der Waals surface area contributed by atoms with E-state index in [4.69, 9.17) is 0 Å². The smallest absolute Gasteiger partial charge is 0.152 e. The topological polar surface area (TPSA) is 17.1 Å². The van der Waals surface area contributed by atoms with E-state index in [0.29, 0.717) is 0 Å². The highest BCUT2D eigenvalue weighted by Gasteiger charge is 2.26. The van der Waals surface area contributed by atoms with Crippen LogP contribution in [0.15, 0.2) is 46.6 Å². The van der Waals surface area contributed by atoms with Gasteiger partial charge >= 0.3 is 0 Å². The Morgan fingerprint density at radius 2 is 1.65 bits per heavy atom. The summed E-state index contributed by atoms with van der Waals surface area (Å²) in [7, 11) is 0. The Morgan fingerprint density at radius 1 is 1.05 bits per heavy atom. The molecule has 0 atom stereocenters. The molecule has 0 unspecified atom stereocenters.